The predicted molar refractivity (Wildman–Crippen MR) is 79.4 cm³/mol. The number of benzene rings is 2. The zero-order valence-electron chi connectivity index (χ0n) is 9.49. The van der Waals surface area contributed by atoms with E-state index in [1.165, 1.54) is 0 Å². The molecule has 4 nitrogen and oxygen atoms in total. The monoisotopic (exact) mass is 406 g/mol. The van der Waals surface area contributed by atoms with Crippen LogP contribution in [0.1, 0.15) is 0 Å². The molecular weight excluding hydrogens is 399 g/mol. The lowest BCUT2D eigenvalue weighted by Crippen LogP contribution is -2.00. The first-order valence-corrected chi connectivity index (χ1v) is 8.27. The van der Waals surface area contributed by atoms with Crippen LogP contribution in [-0.2, 0) is 4.57 Å². The highest BCUT2D eigenvalue weighted by Crippen LogP contribution is 2.47. The third kappa shape index (κ3) is 4.08. The van der Waals surface area contributed by atoms with Crippen molar-refractivity contribution in [3.05, 3.63) is 57.5 Å². The maximum atomic E-state index is 11.9. The van der Waals surface area contributed by atoms with Gasteiger partial charge in [-0.2, -0.15) is 0 Å². The summed E-state index contributed by atoms with van der Waals surface area (Å²) in [6.45, 7) is 0. The molecule has 2 rings (SSSR count). The summed E-state index contributed by atoms with van der Waals surface area (Å²) >= 11 is 6.45. The highest BCUT2D eigenvalue weighted by Gasteiger charge is 2.26. The SMILES string of the molecule is O=P(O)(Oc1ccccc1Br)Oc1ccccc1Br. The minimum Gasteiger partial charge on any atom is -0.394 e. The molecule has 0 aliphatic carbocycles. The predicted octanol–water partition coefficient (Wildman–Crippen LogP) is 4.77. The summed E-state index contributed by atoms with van der Waals surface area (Å²) in [6.07, 6.45) is 0. The van der Waals surface area contributed by atoms with Crippen molar-refractivity contribution < 1.29 is 18.5 Å². The molecule has 0 spiro atoms. The third-order valence-electron chi connectivity index (χ3n) is 2.10. The van der Waals surface area contributed by atoms with Crippen LogP contribution in [0.15, 0.2) is 57.5 Å². The fourth-order valence-electron chi connectivity index (χ4n) is 1.30. The maximum Gasteiger partial charge on any atom is 0.584 e. The Labute approximate surface area is 127 Å². The van der Waals surface area contributed by atoms with Crippen LogP contribution in [0.3, 0.4) is 0 Å². The van der Waals surface area contributed by atoms with E-state index in [1.807, 2.05) is 0 Å². The lowest BCUT2D eigenvalue weighted by atomic mass is 10.3. The van der Waals surface area contributed by atoms with Gasteiger partial charge in [-0.25, -0.2) is 4.57 Å². The Morgan fingerprint density at radius 2 is 1.21 bits per heavy atom. The summed E-state index contributed by atoms with van der Waals surface area (Å²) in [4.78, 5) is 9.74. The van der Waals surface area contributed by atoms with E-state index in [-0.39, 0.29) is 11.5 Å². The quantitative estimate of drug-likeness (QED) is 0.741. The van der Waals surface area contributed by atoms with E-state index in [4.69, 9.17) is 9.05 Å². The van der Waals surface area contributed by atoms with Crippen LogP contribution < -0.4 is 9.05 Å². The van der Waals surface area contributed by atoms with Gasteiger partial charge in [-0.15, -0.1) is 0 Å². The number of para-hydroxylation sites is 2. The third-order valence-corrected chi connectivity index (χ3v) is 4.27. The summed E-state index contributed by atoms with van der Waals surface area (Å²) in [5, 5.41) is 0. The molecule has 0 aliphatic rings. The lowest BCUT2D eigenvalue weighted by molar-refractivity contribution is 0.290. The molecule has 0 aliphatic heterocycles. The molecule has 0 atom stereocenters. The summed E-state index contributed by atoms with van der Waals surface area (Å²) in [5.41, 5.74) is 0. The highest BCUT2D eigenvalue weighted by molar-refractivity contribution is 9.10. The van der Waals surface area contributed by atoms with E-state index in [1.54, 1.807) is 48.5 Å². The van der Waals surface area contributed by atoms with Gasteiger partial charge in [0.05, 0.1) is 8.95 Å². The summed E-state index contributed by atoms with van der Waals surface area (Å²) in [7, 11) is -4.25. The van der Waals surface area contributed by atoms with Crippen LogP contribution in [0.2, 0.25) is 0 Å². The van der Waals surface area contributed by atoms with E-state index in [9.17, 15) is 9.46 Å². The lowest BCUT2D eigenvalue weighted by Gasteiger charge is -2.15. The van der Waals surface area contributed by atoms with Crippen molar-refractivity contribution in [3.8, 4) is 11.5 Å². The Morgan fingerprint density at radius 3 is 1.58 bits per heavy atom. The Kier molecular flexibility index (Phi) is 4.68. The highest BCUT2D eigenvalue weighted by atomic mass is 79.9. The molecule has 0 heterocycles. The number of hydrogen-bond acceptors (Lipinski definition) is 3. The maximum absolute atomic E-state index is 11.9. The van der Waals surface area contributed by atoms with Gasteiger partial charge in [0.2, 0.25) is 0 Å². The van der Waals surface area contributed by atoms with E-state index >= 15 is 0 Å². The van der Waals surface area contributed by atoms with Crippen molar-refractivity contribution in [2.75, 3.05) is 0 Å². The fraction of sp³-hybridized carbons (Fsp3) is 0. The largest absolute Gasteiger partial charge is 0.584 e. The van der Waals surface area contributed by atoms with Gasteiger partial charge in [-0.3, -0.25) is 4.89 Å². The van der Waals surface area contributed by atoms with E-state index in [0.29, 0.717) is 8.95 Å². The molecule has 0 saturated carbocycles. The molecule has 0 amide bonds. The van der Waals surface area contributed by atoms with Crippen molar-refractivity contribution in [1.29, 1.82) is 0 Å². The van der Waals surface area contributed by atoms with Crippen molar-refractivity contribution in [2.45, 2.75) is 0 Å². The number of halogens is 2. The smallest absolute Gasteiger partial charge is 0.394 e. The molecule has 0 fully saturated rings. The van der Waals surface area contributed by atoms with Gasteiger partial charge in [0.25, 0.3) is 0 Å². The molecule has 100 valence electrons. The zero-order chi connectivity index (χ0) is 13.9. The van der Waals surface area contributed by atoms with Gasteiger partial charge in [-0.05, 0) is 56.1 Å². The standard InChI is InChI=1S/C12H9Br2O4P/c13-9-5-1-3-7-11(9)17-19(15,16)18-12-8-4-2-6-10(12)14/h1-8H,(H,15,16). The van der Waals surface area contributed by atoms with Gasteiger partial charge in [-0.1, -0.05) is 24.3 Å². The molecule has 0 bridgehead atoms. The second-order valence-electron chi connectivity index (χ2n) is 3.51. The number of phosphoric ester groups is 1. The molecule has 0 radical (unpaired) electrons. The van der Waals surface area contributed by atoms with Crippen molar-refractivity contribution in [1.82, 2.24) is 0 Å². The van der Waals surface area contributed by atoms with Gasteiger partial charge in [0, 0.05) is 0 Å². The zero-order valence-corrected chi connectivity index (χ0v) is 13.6. The number of phosphoric acid groups is 1. The minimum atomic E-state index is -4.25. The second kappa shape index (κ2) is 6.09. The van der Waals surface area contributed by atoms with Crippen molar-refractivity contribution >= 4 is 39.7 Å². The normalized spacial score (nSPS) is 11.1. The summed E-state index contributed by atoms with van der Waals surface area (Å²) < 4.78 is 23.1. The molecule has 7 heteroatoms. The first kappa shape index (κ1) is 14.6. The Bertz CT molecular complexity index is 581. The van der Waals surface area contributed by atoms with E-state index in [2.05, 4.69) is 31.9 Å². The van der Waals surface area contributed by atoms with Crippen LogP contribution in [0.4, 0.5) is 0 Å². The van der Waals surface area contributed by atoms with Crippen LogP contribution >= 0.6 is 39.7 Å². The van der Waals surface area contributed by atoms with E-state index < -0.39 is 7.82 Å². The summed E-state index contributed by atoms with van der Waals surface area (Å²) in [6, 6.07) is 13.5. The molecule has 2 aromatic rings. The van der Waals surface area contributed by atoms with Crippen LogP contribution in [0.5, 0.6) is 11.5 Å². The van der Waals surface area contributed by atoms with E-state index in [0.717, 1.165) is 0 Å². The molecule has 1 N–H and O–H groups in total. The number of rotatable bonds is 4. The van der Waals surface area contributed by atoms with Gasteiger partial charge in [0.1, 0.15) is 11.5 Å². The Balaban J connectivity index is 2.18. The molecule has 2 aromatic carbocycles. The van der Waals surface area contributed by atoms with Gasteiger partial charge >= 0.3 is 7.82 Å². The Morgan fingerprint density at radius 1 is 0.842 bits per heavy atom. The fourth-order valence-corrected chi connectivity index (χ4v) is 3.14. The molecule has 19 heavy (non-hydrogen) atoms. The molecule has 0 aromatic heterocycles. The molecule has 0 unspecified atom stereocenters. The van der Waals surface area contributed by atoms with Crippen molar-refractivity contribution in [3.63, 3.8) is 0 Å². The van der Waals surface area contributed by atoms with Crippen LogP contribution in [-0.4, -0.2) is 4.89 Å². The average molecular weight is 408 g/mol. The van der Waals surface area contributed by atoms with Crippen LogP contribution in [0, 0.1) is 0 Å². The second-order valence-corrected chi connectivity index (χ2v) is 6.52. The summed E-state index contributed by atoms with van der Waals surface area (Å²) in [5.74, 6) is 0.473. The van der Waals surface area contributed by atoms with Crippen LogP contribution in [0.25, 0.3) is 0 Å². The Hall–Kier alpha value is -0.810. The first-order chi connectivity index (χ1) is 8.98. The first-order valence-electron chi connectivity index (χ1n) is 5.19. The molecule has 0 saturated heterocycles. The molecular formula is C12H9Br2O4P. The topological polar surface area (TPSA) is 55.8 Å². The number of hydrogen-bond donors (Lipinski definition) is 1. The minimum absolute atomic E-state index is 0.236. The van der Waals surface area contributed by atoms with Gasteiger partial charge in [0.15, 0.2) is 0 Å². The van der Waals surface area contributed by atoms with Gasteiger partial charge < -0.3 is 9.05 Å². The van der Waals surface area contributed by atoms with Crippen molar-refractivity contribution in [2.24, 2.45) is 0 Å². The average Bonchev–Trinajstić information content (AvgIpc) is 2.35.